The molecule has 1 aromatic carbocycles. The maximum atomic E-state index is 13.2. The van der Waals surface area contributed by atoms with Crippen LogP contribution in [0.3, 0.4) is 0 Å². The van der Waals surface area contributed by atoms with Gasteiger partial charge in [0, 0.05) is 18.8 Å². The number of hydrogen-bond acceptors (Lipinski definition) is 3. The number of aliphatic hydroxyl groups is 1. The maximum Gasteiger partial charge on any atom is 0.123 e. The molecule has 17 heavy (non-hydrogen) atoms. The van der Waals surface area contributed by atoms with Crippen molar-refractivity contribution in [2.75, 3.05) is 18.1 Å². The normalized spacial score (nSPS) is 20.6. The lowest BCUT2D eigenvalue weighted by molar-refractivity contribution is 0.240. The molecule has 3 nitrogen and oxygen atoms in total. The Kier molecular flexibility index (Phi) is 3.97. The van der Waals surface area contributed by atoms with Crippen LogP contribution in [0.25, 0.3) is 0 Å². The van der Waals surface area contributed by atoms with Gasteiger partial charge in [0.25, 0.3) is 0 Å². The fourth-order valence-electron chi connectivity index (χ4n) is 2.51. The lowest BCUT2D eigenvalue weighted by Gasteiger charge is -2.37. The molecular weight excluding hydrogens is 219 g/mol. The zero-order valence-corrected chi connectivity index (χ0v) is 9.90. The van der Waals surface area contributed by atoms with Crippen LogP contribution in [0.1, 0.15) is 24.8 Å². The van der Waals surface area contributed by atoms with Crippen LogP contribution < -0.4 is 10.6 Å². The number of nitrogens with zero attached hydrogens (tertiary/aromatic N) is 1. The molecular formula is C13H19FN2O. The summed E-state index contributed by atoms with van der Waals surface area (Å²) < 4.78 is 13.2. The third-order valence-corrected chi connectivity index (χ3v) is 3.41. The summed E-state index contributed by atoms with van der Waals surface area (Å²) >= 11 is 0. The summed E-state index contributed by atoms with van der Waals surface area (Å²) in [6.45, 7) is 1.37. The van der Waals surface area contributed by atoms with Crippen LogP contribution in [0.15, 0.2) is 18.2 Å². The highest BCUT2D eigenvalue weighted by Crippen LogP contribution is 2.28. The van der Waals surface area contributed by atoms with Gasteiger partial charge in [-0.25, -0.2) is 4.39 Å². The Bertz CT molecular complexity index is 384. The number of anilines is 1. The molecule has 0 saturated carbocycles. The second-order valence-electron chi connectivity index (χ2n) is 4.50. The average molecular weight is 238 g/mol. The van der Waals surface area contributed by atoms with Gasteiger partial charge in [0.2, 0.25) is 0 Å². The number of aliphatic hydroxyl groups excluding tert-OH is 1. The Morgan fingerprint density at radius 3 is 2.94 bits per heavy atom. The van der Waals surface area contributed by atoms with Crippen molar-refractivity contribution < 1.29 is 9.50 Å². The van der Waals surface area contributed by atoms with Crippen molar-refractivity contribution in [1.29, 1.82) is 0 Å². The lowest BCUT2D eigenvalue weighted by atomic mass is 10.00. The van der Waals surface area contributed by atoms with E-state index in [9.17, 15) is 9.50 Å². The zero-order valence-electron chi connectivity index (χ0n) is 9.90. The molecule has 0 spiro atoms. The quantitative estimate of drug-likeness (QED) is 0.841. The second-order valence-corrected chi connectivity index (χ2v) is 4.50. The van der Waals surface area contributed by atoms with Crippen LogP contribution >= 0.6 is 0 Å². The molecule has 1 fully saturated rings. The molecule has 94 valence electrons. The Balaban J connectivity index is 2.30. The van der Waals surface area contributed by atoms with Crippen molar-refractivity contribution in [2.24, 2.45) is 5.73 Å². The Morgan fingerprint density at radius 1 is 1.41 bits per heavy atom. The monoisotopic (exact) mass is 238 g/mol. The molecule has 2 rings (SSSR count). The Labute approximate surface area is 101 Å². The molecule has 1 atom stereocenters. The number of halogens is 1. The fourth-order valence-corrected chi connectivity index (χ4v) is 2.51. The van der Waals surface area contributed by atoms with Crippen LogP contribution in [0, 0.1) is 5.82 Å². The van der Waals surface area contributed by atoms with Gasteiger partial charge in [-0.05, 0) is 43.0 Å². The topological polar surface area (TPSA) is 49.5 Å². The van der Waals surface area contributed by atoms with E-state index in [4.69, 9.17) is 5.73 Å². The van der Waals surface area contributed by atoms with Crippen LogP contribution in [-0.4, -0.2) is 24.3 Å². The molecule has 1 aliphatic heterocycles. The fraction of sp³-hybridized carbons (Fsp3) is 0.538. The highest BCUT2D eigenvalue weighted by atomic mass is 19.1. The maximum absolute atomic E-state index is 13.2. The van der Waals surface area contributed by atoms with E-state index in [1.807, 2.05) is 0 Å². The predicted molar refractivity (Wildman–Crippen MR) is 66.4 cm³/mol. The Morgan fingerprint density at radius 2 is 2.24 bits per heavy atom. The Hall–Kier alpha value is -1.13. The van der Waals surface area contributed by atoms with Crippen LogP contribution in [0.4, 0.5) is 10.1 Å². The van der Waals surface area contributed by atoms with Gasteiger partial charge < -0.3 is 15.7 Å². The summed E-state index contributed by atoms with van der Waals surface area (Å²) in [4.78, 5) is 2.16. The molecule has 3 N–H and O–H groups in total. The summed E-state index contributed by atoms with van der Waals surface area (Å²) in [6, 6.07) is 4.85. The molecule has 1 aliphatic rings. The first-order valence-electron chi connectivity index (χ1n) is 6.12. The van der Waals surface area contributed by atoms with E-state index in [1.54, 1.807) is 6.07 Å². The van der Waals surface area contributed by atoms with Gasteiger partial charge in [-0.3, -0.25) is 0 Å². The van der Waals surface area contributed by atoms with Gasteiger partial charge in [-0.2, -0.15) is 0 Å². The van der Waals surface area contributed by atoms with Crippen molar-refractivity contribution in [3.05, 3.63) is 29.6 Å². The van der Waals surface area contributed by atoms with Crippen LogP contribution in [0.5, 0.6) is 0 Å². The predicted octanol–water partition coefficient (Wildman–Crippen LogP) is 1.64. The minimum absolute atomic E-state index is 0.138. The first kappa shape index (κ1) is 12.3. The standard InChI is InChI=1S/C13H19FN2O/c14-11-4-5-13(10(7-11)8-15)16-6-2-1-3-12(16)9-17/h4-5,7,12,17H,1-3,6,8-9,15H2. The van der Waals surface area contributed by atoms with E-state index in [0.29, 0.717) is 6.54 Å². The van der Waals surface area contributed by atoms with Gasteiger partial charge in [-0.1, -0.05) is 0 Å². The first-order valence-corrected chi connectivity index (χ1v) is 6.12. The van der Waals surface area contributed by atoms with Crippen molar-refractivity contribution in [2.45, 2.75) is 31.8 Å². The number of benzene rings is 1. The molecule has 0 aliphatic carbocycles. The molecule has 1 unspecified atom stereocenters. The van der Waals surface area contributed by atoms with Crippen LogP contribution in [-0.2, 0) is 6.54 Å². The molecule has 4 heteroatoms. The molecule has 0 aromatic heterocycles. The van der Waals surface area contributed by atoms with Crippen molar-refractivity contribution in [1.82, 2.24) is 0 Å². The van der Waals surface area contributed by atoms with E-state index in [-0.39, 0.29) is 18.5 Å². The second kappa shape index (κ2) is 5.47. The molecule has 0 radical (unpaired) electrons. The molecule has 1 saturated heterocycles. The third-order valence-electron chi connectivity index (χ3n) is 3.41. The smallest absolute Gasteiger partial charge is 0.123 e. The molecule has 1 heterocycles. The van der Waals surface area contributed by atoms with E-state index in [0.717, 1.165) is 37.1 Å². The van der Waals surface area contributed by atoms with Crippen LogP contribution in [0.2, 0.25) is 0 Å². The van der Waals surface area contributed by atoms with E-state index < -0.39 is 0 Å². The zero-order chi connectivity index (χ0) is 12.3. The van der Waals surface area contributed by atoms with Gasteiger partial charge in [0.05, 0.1) is 12.6 Å². The lowest BCUT2D eigenvalue weighted by Crippen LogP contribution is -2.42. The number of hydrogen-bond donors (Lipinski definition) is 2. The summed E-state index contributed by atoms with van der Waals surface area (Å²) in [6.07, 6.45) is 3.23. The minimum Gasteiger partial charge on any atom is -0.394 e. The number of nitrogens with two attached hydrogens (primary N) is 1. The van der Waals surface area contributed by atoms with Gasteiger partial charge in [0.1, 0.15) is 5.82 Å². The summed E-state index contributed by atoms with van der Waals surface area (Å²) in [5.41, 5.74) is 7.43. The highest BCUT2D eigenvalue weighted by Gasteiger charge is 2.23. The molecule has 1 aromatic rings. The summed E-state index contributed by atoms with van der Waals surface area (Å²) in [7, 11) is 0. The van der Waals surface area contributed by atoms with Gasteiger partial charge >= 0.3 is 0 Å². The molecule has 0 amide bonds. The highest BCUT2D eigenvalue weighted by molar-refractivity contribution is 5.55. The van der Waals surface area contributed by atoms with Gasteiger partial charge in [0.15, 0.2) is 0 Å². The van der Waals surface area contributed by atoms with E-state index in [2.05, 4.69) is 4.90 Å². The SMILES string of the molecule is NCc1cc(F)ccc1N1CCCCC1CO. The number of piperidine rings is 1. The van der Waals surface area contributed by atoms with Gasteiger partial charge in [-0.15, -0.1) is 0 Å². The number of rotatable bonds is 3. The largest absolute Gasteiger partial charge is 0.394 e. The third kappa shape index (κ3) is 2.58. The first-order chi connectivity index (χ1) is 8.26. The summed E-state index contributed by atoms with van der Waals surface area (Å²) in [5, 5.41) is 9.39. The summed E-state index contributed by atoms with van der Waals surface area (Å²) in [5.74, 6) is -0.258. The minimum atomic E-state index is -0.258. The van der Waals surface area contributed by atoms with Crippen molar-refractivity contribution in [3.8, 4) is 0 Å². The van der Waals surface area contributed by atoms with Crippen molar-refractivity contribution >= 4 is 5.69 Å². The molecule has 0 bridgehead atoms. The van der Waals surface area contributed by atoms with E-state index >= 15 is 0 Å². The van der Waals surface area contributed by atoms with Crippen molar-refractivity contribution in [3.63, 3.8) is 0 Å². The average Bonchev–Trinajstić information content (AvgIpc) is 2.38. The van der Waals surface area contributed by atoms with E-state index in [1.165, 1.54) is 12.1 Å².